The van der Waals surface area contributed by atoms with Crippen LogP contribution in [-0.4, -0.2) is 16.0 Å². The largest absolute Gasteiger partial charge is 0.373 e. The van der Waals surface area contributed by atoms with Crippen LogP contribution in [0.15, 0.2) is 30.4 Å². The van der Waals surface area contributed by atoms with Crippen LogP contribution in [0, 0.1) is 55.7 Å². The zero-order chi connectivity index (χ0) is 16.6. The predicted molar refractivity (Wildman–Crippen MR) is 83.0 cm³/mol. The molecule has 0 saturated heterocycles. The minimum atomic E-state index is -0.621. The van der Waals surface area contributed by atoms with Gasteiger partial charge in [-0.3, -0.25) is 20.2 Å². The molecule has 124 valence electrons. The summed E-state index contributed by atoms with van der Waals surface area (Å²) in [6.45, 7) is 0.140. The summed E-state index contributed by atoms with van der Waals surface area (Å²) in [5, 5.41) is 22.0. The quantitative estimate of drug-likeness (QED) is 0.470. The number of allylic oxidation sites excluding steroid dienone is 2. The summed E-state index contributed by atoms with van der Waals surface area (Å²) in [5.74, 6) is 4.28. The van der Waals surface area contributed by atoms with Gasteiger partial charge in [-0.05, 0) is 48.0 Å². The first kappa shape index (κ1) is 14.1. The van der Waals surface area contributed by atoms with Gasteiger partial charge in [-0.1, -0.05) is 12.2 Å². The summed E-state index contributed by atoms with van der Waals surface area (Å²) in [6, 6.07) is 3.75. The Morgan fingerprint density at radius 1 is 1.04 bits per heavy atom. The van der Waals surface area contributed by atoms with Crippen molar-refractivity contribution < 1.29 is 14.6 Å². The lowest BCUT2D eigenvalue weighted by Crippen LogP contribution is -2.57. The van der Waals surface area contributed by atoms with Crippen LogP contribution in [0.2, 0.25) is 0 Å². The van der Waals surface area contributed by atoms with E-state index in [1.165, 1.54) is 12.1 Å². The van der Waals surface area contributed by atoms with Crippen LogP contribution in [0.5, 0.6) is 0 Å². The molecule has 4 aliphatic carbocycles. The van der Waals surface area contributed by atoms with Crippen molar-refractivity contribution in [3.05, 3.63) is 56.1 Å². The van der Waals surface area contributed by atoms with Gasteiger partial charge in [0.15, 0.2) is 0 Å². The second kappa shape index (κ2) is 4.63. The van der Waals surface area contributed by atoms with Gasteiger partial charge in [0.25, 0.3) is 11.4 Å². The Bertz CT molecular complexity index is 791. The van der Waals surface area contributed by atoms with Crippen molar-refractivity contribution in [2.24, 2.45) is 35.5 Å². The molecule has 5 rings (SSSR count). The Kier molecular flexibility index (Phi) is 2.72. The van der Waals surface area contributed by atoms with E-state index in [1.54, 1.807) is 0 Å². The lowest BCUT2D eigenvalue weighted by Gasteiger charge is -2.60. The molecule has 0 amide bonds. The molecule has 0 unspecified atom stereocenters. The molecule has 1 aromatic rings. The maximum atomic E-state index is 11.2. The molecule has 7 atom stereocenters. The number of nitrogens with zero attached hydrogens (tertiary/aromatic N) is 2. The summed E-state index contributed by atoms with van der Waals surface area (Å²) in [4.78, 5) is 20.8. The fourth-order valence-corrected chi connectivity index (χ4v) is 5.71. The monoisotopic (exact) mass is 328 g/mol. The fourth-order valence-electron chi connectivity index (χ4n) is 5.71. The van der Waals surface area contributed by atoms with E-state index in [2.05, 4.69) is 12.2 Å². The zero-order valence-corrected chi connectivity index (χ0v) is 12.8. The smallest absolute Gasteiger partial charge is 0.281 e. The van der Waals surface area contributed by atoms with Crippen molar-refractivity contribution in [2.45, 2.75) is 19.1 Å². The molecule has 3 saturated carbocycles. The lowest BCUT2D eigenvalue weighted by atomic mass is 9.44. The molecule has 1 aromatic carbocycles. The van der Waals surface area contributed by atoms with Gasteiger partial charge < -0.3 is 4.74 Å². The molecule has 3 fully saturated rings. The number of nitro benzene ring substituents is 2. The van der Waals surface area contributed by atoms with Gasteiger partial charge in [0.05, 0.1) is 34.2 Å². The van der Waals surface area contributed by atoms with E-state index in [-0.39, 0.29) is 24.1 Å². The number of benzene rings is 1. The summed E-state index contributed by atoms with van der Waals surface area (Å²) >= 11 is 0. The van der Waals surface area contributed by atoms with Crippen LogP contribution in [0.3, 0.4) is 0 Å². The van der Waals surface area contributed by atoms with Crippen molar-refractivity contribution in [1.82, 2.24) is 0 Å². The van der Waals surface area contributed by atoms with Gasteiger partial charge >= 0.3 is 0 Å². The van der Waals surface area contributed by atoms with E-state index >= 15 is 0 Å². The minimum Gasteiger partial charge on any atom is -0.373 e. The van der Waals surface area contributed by atoms with E-state index in [4.69, 9.17) is 4.74 Å². The molecule has 24 heavy (non-hydrogen) atoms. The summed E-state index contributed by atoms with van der Waals surface area (Å²) in [7, 11) is 0. The molecule has 0 N–H and O–H groups in total. The Morgan fingerprint density at radius 3 is 2.58 bits per heavy atom. The molecular weight excluding hydrogens is 312 g/mol. The van der Waals surface area contributed by atoms with E-state index in [9.17, 15) is 20.2 Å². The normalized spacial score (nSPS) is 39.9. The second-order valence-electron chi connectivity index (χ2n) is 7.35. The van der Waals surface area contributed by atoms with Crippen molar-refractivity contribution in [1.29, 1.82) is 0 Å². The first-order chi connectivity index (χ1) is 11.6. The van der Waals surface area contributed by atoms with Crippen LogP contribution >= 0.6 is 0 Å². The first-order valence-corrected chi connectivity index (χ1v) is 8.28. The number of ether oxygens (including phenoxy) is 1. The van der Waals surface area contributed by atoms with Crippen LogP contribution in [0.25, 0.3) is 0 Å². The second-order valence-corrected chi connectivity index (χ2v) is 7.35. The Labute approximate surface area is 137 Å². The Hall–Kier alpha value is -2.28. The van der Waals surface area contributed by atoms with Gasteiger partial charge in [0, 0.05) is 6.07 Å². The minimum absolute atomic E-state index is 0.140. The third-order valence-electron chi connectivity index (χ3n) is 6.63. The predicted octanol–water partition coefficient (Wildman–Crippen LogP) is 3.09. The standard InChI is InChI=1S/C17H16N2O5/c20-18(21)9-2-1-8(13(5-9)19(22)23)7-24-14-6-12-10-3-4-11-15(10)17(12)16(11)14/h1-5,10-12,14-17H,6-7H2/t10-,11+,12+,14-,15+,16+,17+/m1/s1. The van der Waals surface area contributed by atoms with Crippen LogP contribution in [0.1, 0.15) is 12.0 Å². The number of fused-ring (bicyclic) bond motifs is 2. The van der Waals surface area contributed by atoms with Crippen molar-refractivity contribution in [3.8, 4) is 0 Å². The maximum absolute atomic E-state index is 11.2. The molecule has 0 radical (unpaired) electrons. The molecule has 7 nitrogen and oxygen atoms in total. The highest BCUT2D eigenvalue weighted by Gasteiger charge is 2.72. The molecule has 7 heteroatoms. The third-order valence-corrected chi connectivity index (χ3v) is 6.63. The van der Waals surface area contributed by atoms with Crippen LogP contribution < -0.4 is 0 Å². The summed E-state index contributed by atoms with van der Waals surface area (Å²) in [5.41, 5.74) is -0.104. The van der Waals surface area contributed by atoms with E-state index in [1.807, 2.05) is 0 Å². The summed E-state index contributed by atoms with van der Waals surface area (Å²) < 4.78 is 6.06. The molecule has 0 spiro atoms. The molecule has 0 aliphatic heterocycles. The van der Waals surface area contributed by atoms with Gasteiger partial charge in [-0.25, -0.2) is 0 Å². The Morgan fingerprint density at radius 2 is 1.83 bits per heavy atom. The van der Waals surface area contributed by atoms with Gasteiger partial charge in [0.1, 0.15) is 0 Å². The number of hydrogen-bond acceptors (Lipinski definition) is 5. The van der Waals surface area contributed by atoms with E-state index in [0.717, 1.165) is 36.2 Å². The SMILES string of the molecule is O=[N+]([O-])c1ccc(CO[C@@H]2C[C@H]3[C@H]4C=C[C@H]5[C@H]4[C@H]3[C@@H]52)c([N+](=O)[O-])c1. The maximum Gasteiger partial charge on any atom is 0.281 e. The summed E-state index contributed by atoms with van der Waals surface area (Å²) in [6.07, 6.45) is 5.90. The van der Waals surface area contributed by atoms with Gasteiger partial charge in [-0.2, -0.15) is 0 Å². The van der Waals surface area contributed by atoms with E-state index in [0.29, 0.717) is 17.4 Å². The molecule has 0 heterocycles. The van der Waals surface area contributed by atoms with Gasteiger partial charge in [0.2, 0.25) is 0 Å². The van der Waals surface area contributed by atoms with Crippen molar-refractivity contribution in [3.63, 3.8) is 0 Å². The van der Waals surface area contributed by atoms with E-state index < -0.39 is 9.85 Å². The third kappa shape index (κ3) is 1.65. The molecule has 0 bridgehead atoms. The zero-order valence-electron chi connectivity index (χ0n) is 12.8. The molecule has 4 aliphatic rings. The van der Waals surface area contributed by atoms with Gasteiger partial charge in [-0.15, -0.1) is 0 Å². The average Bonchev–Trinajstić information content (AvgIpc) is 2.81. The molecular formula is C17H16N2O5. The Balaban J connectivity index is 1.33. The number of hydrogen-bond donors (Lipinski definition) is 0. The number of non-ortho nitro benzene ring substituents is 1. The fraction of sp³-hybridized carbons (Fsp3) is 0.529. The lowest BCUT2D eigenvalue weighted by molar-refractivity contribution is -0.394. The highest BCUT2D eigenvalue weighted by atomic mass is 16.6. The number of nitro groups is 2. The van der Waals surface area contributed by atoms with Crippen molar-refractivity contribution in [2.75, 3.05) is 0 Å². The highest BCUT2D eigenvalue weighted by molar-refractivity contribution is 5.48. The van der Waals surface area contributed by atoms with Crippen LogP contribution in [0.4, 0.5) is 11.4 Å². The number of rotatable bonds is 5. The topological polar surface area (TPSA) is 95.5 Å². The first-order valence-electron chi connectivity index (χ1n) is 8.28. The average molecular weight is 328 g/mol. The highest BCUT2D eigenvalue weighted by Crippen LogP contribution is 2.75. The van der Waals surface area contributed by atoms with Crippen LogP contribution in [-0.2, 0) is 11.3 Å². The van der Waals surface area contributed by atoms with Crippen molar-refractivity contribution >= 4 is 11.4 Å². The molecule has 0 aromatic heterocycles.